The third-order valence-electron chi connectivity index (χ3n) is 2.92. The predicted molar refractivity (Wildman–Crippen MR) is 68.6 cm³/mol. The molecule has 2 rings (SSSR count). The number of halogens is 1. The number of nitrogens with zero attached hydrogens (tertiary/aromatic N) is 2. The molecule has 100 valence electrons. The molecule has 1 unspecified atom stereocenters. The molecule has 0 aromatic heterocycles. The molecule has 0 amide bonds. The number of rotatable bonds is 5. The lowest BCUT2D eigenvalue weighted by Crippen LogP contribution is -3.00. The summed E-state index contributed by atoms with van der Waals surface area (Å²) in [6, 6.07) is 10.1. The van der Waals surface area contributed by atoms with Gasteiger partial charge in [-0.25, -0.2) is 0 Å². The first kappa shape index (κ1) is 14.8. The number of hydrogen-bond donors (Lipinski definition) is 1. The summed E-state index contributed by atoms with van der Waals surface area (Å²) in [6.07, 6.45) is -0.137. The summed E-state index contributed by atoms with van der Waals surface area (Å²) in [6.45, 7) is 7.06. The van der Waals surface area contributed by atoms with Crippen LogP contribution in [0.5, 0.6) is 0 Å². The van der Waals surface area contributed by atoms with E-state index in [2.05, 4.69) is 29.3 Å². The Balaban J connectivity index is 0.00000162. The van der Waals surface area contributed by atoms with Gasteiger partial charge in [0.15, 0.2) is 0 Å². The van der Waals surface area contributed by atoms with Gasteiger partial charge in [0.2, 0.25) is 12.1 Å². The minimum Gasteiger partial charge on any atom is -1.00 e. The molecule has 0 saturated carbocycles. The van der Waals surface area contributed by atoms with Gasteiger partial charge >= 0.3 is 0 Å². The first-order chi connectivity index (χ1) is 8.33. The van der Waals surface area contributed by atoms with Crippen molar-refractivity contribution in [1.82, 2.24) is 10.3 Å². The molecule has 1 aromatic carbocycles. The lowest BCUT2D eigenvalue weighted by Gasteiger charge is -2.17. The molecule has 1 aliphatic heterocycles. The number of likely N-dealkylation sites (N-methyl/N-ethyl adjacent to an activating group) is 1. The van der Waals surface area contributed by atoms with Crippen LogP contribution in [0.2, 0.25) is 0 Å². The molecule has 1 aliphatic rings. The highest BCUT2D eigenvalue weighted by Gasteiger charge is 2.21. The quantitative estimate of drug-likeness (QED) is 0.742. The fraction of sp³-hybridized carbons (Fsp3) is 0.462. The smallest absolute Gasteiger partial charge is 0.222 e. The molecule has 1 heterocycles. The molecular weight excluding hydrogens is 250 g/mol. The molecule has 1 atom stereocenters. The van der Waals surface area contributed by atoms with Crippen LogP contribution in [0.3, 0.4) is 0 Å². The van der Waals surface area contributed by atoms with E-state index in [0.29, 0.717) is 0 Å². The SMILES string of the molecule is CCN(CC)CC1=NNC(c2ccccc2)O1.[Cl-]. The van der Waals surface area contributed by atoms with E-state index in [1.807, 2.05) is 30.3 Å². The molecule has 0 fully saturated rings. The molecule has 1 aromatic rings. The highest BCUT2D eigenvalue weighted by molar-refractivity contribution is 5.79. The van der Waals surface area contributed by atoms with Crippen LogP contribution >= 0.6 is 0 Å². The predicted octanol–water partition coefficient (Wildman–Crippen LogP) is -1.04. The average Bonchev–Trinajstić information content (AvgIpc) is 2.85. The van der Waals surface area contributed by atoms with Crippen LogP contribution in [-0.2, 0) is 4.74 Å². The van der Waals surface area contributed by atoms with Gasteiger partial charge in [-0.2, -0.15) is 0 Å². The van der Waals surface area contributed by atoms with E-state index in [9.17, 15) is 0 Å². The van der Waals surface area contributed by atoms with Crippen LogP contribution in [0.1, 0.15) is 25.6 Å². The summed E-state index contributed by atoms with van der Waals surface area (Å²) in [4.78, 5) is 2.27. The van der Waals surface area contributed by atoms with Gasteiger partial charge in [-0.3, -0.25) is 10.3 Å². The summed E-state index contributed by atoms with van der Waals surface area (Å²) in [7, 11) is 0. The first-order valence-electron chi connectivity index (χ1n) is 6.09. The van der Waals surface area contributed by atoms with E-state index in [1.54, 1.807) is 0 Å². The van der Waals surface area contributed by atoms with Crippen molar-refractivity contribution in [2.45, 2.75) is 20.1 Å². The molecule has 0 saturated heterocycles. The maximum absolute atomic E-state index is 5.78. The fourth-order valence-corrected chi connectivity index (χ4v) is 1.80. The van der Waals surface area contributed by atoms with Crippen molar-refractivity contribution in [3.05, 3.63) is 35.9 Å². The highest BCUT2D eigenvalue weighted by Crippen LogP contribution is 2.18. The Morgan fingerprint density at radius 2 is 1.89 bits per heavy atom. The number of ether oxygens (including phenoxy) is 1. The van der Waals surface area contributed by atoms with Crippen LogP contribution < -0.4 is 17.8 Å². The summed E-state index contributed by atoms with van der Waals surface area (Å²) in [5, 5.41) is 4.23. The van der Waals surface area contributed by atoms with Crippen LogP contribution in [0.25, 0.3) is 0 Å². The largest absolute Gasteiger partial charge is 1.00 e. The molecule has 0 spiro atoms. The molecule has 4 nitrogen and oxygen atoms in total. The number of benzene rings is 1. The first-order valence-corrected chi connectivity index (χ1v) is 6.09. The number of nitrogens with one attached hydrogen (secondary N) is 1. The zero-order valence-corrected chi connectivity index (χ0v) is 11.5. The van der Waals surface area contributed by atoms with Gasteiger partial charge < -0.3 is 17.1 Å². The van der Waals surface area contributed by atoms with Crippen LogP contribution in [-0.4, -0.2) is 30.4 Å². The molecule has 0 aliphatic carbocycles. The van der Waals surface area contributed by atoms with Gasteiger partial charge in [-0.1, -0.05) is 44.2 Å². The zero-order chi connectivity index (χ0) is 12.1. The van der Waals surface area contributed by atoms with Crippen molar-refractivity contribution >= 4 is 5.90 Å². The Kier molecular flexibility index (Phi) is 5.95. The van der Waals surface area contributed by atoms with Gasteiger partial charge in [0.25, 0.3) is 0 Å². The van der Waals surface area contributed by atoms with Gasteiger partial charge in [0.1, 0.15) is 0 Å². The van der Waals surface area contributed by atoms with Crippen molar-refractivity contribution in [2.24, 2.45) is 5.10 Å². The number of hydrazone groups is 1. The summed E-state index contributed by atoms with van der Waals surface area (Å²) in [5.74, 6) is 0.766. The second-order valence-corrected chi connectivity index (χ2v) is 4.00. The maximum Gasteiger partial charge on any atom is 0.222 e. The van der Waals surface area contributed by atoms with Crippen molar-refractivity contribution < 1.29 is 17.1 Å². The minimum atomic E-state index is -0.137. The maximum atomic E-state index is 5.78. The van der Waals surface area contributed by atoms with E-state index in [4.69, 9.17) is 4.74 Å². The Morgan fingerprint density at radius 1 is 1.22 bits per heavy atom. The van der Waals surface area contributed by atoms with Crippen LogP contribution in [0, 0.1) is 0 Å². The molecule has 5 heteroatoms. The lowest BCUT2D eigenvalue weighted by molar-refractivity contribution is -0.00000474. The van der Waals surface area contributed by atoms with Crippen molar-refractivity contribution in [1.29, 1.82) is 0 Å². The van der Waals surface area contributed by atoms with E-state index < -0.39 is 0 Å². The molecule has 18 heavy (non-hydrogen) atoms. The molecule has 0 bridgehead atoms. The molecular formula is C13H19ClN3O-. The van der Waals surface area contributed by atoms with Gasteiger partial charge in [-0.15, -0.1) is 5.10 Å². The monoisotopic (exact) mass is 268 g/mol. The second kappa shape index (κ2) is 7.24. The van der Waals surface area contributed by atoms with Gasteiger partial charge in [0, 0.05) is 5.56 Å². The van der Waals surface area contributed by atoms with Crippen LogP contribution in [0.15, 0.2) is 35.4 Å². The normalized spacial score (nSPS) is 17.7. The Morgan fingerprint density at radius 3 is 2.50 bits per heavy atom. The van der Waals surface area contributed by atoms with Gasteiger partial charge in [-0.05, 0) is 13.1 Å². The zero-order valence-electron chi connectivity index (χ0n) is 10.8. The van der Waals surface area contributed by atoms with E-state index in [1.165, 1.54) is 0 Å². The third-order valence-corrected chi connectivity index (χ3v) is 2.92. The highest BCUT2D eigenvalue weighted by atomic mass is 35.5. The Labute approximate surface area is 114 Å². The molecule has 1 N–H and O–H groups in total. The minimum absolute atomic E-state index is 0. The molecule has 0 radical (unpaired) electrons. The van der Waals surface area contributed by atoms with Crippen molar-refractivity contribution in [3.63, 3.8) is 0 Å². The standard InChI is InChI=1S/C13H19N3O.ClH/c1-3-16(4-2)10-12-14-15-13(17-12)11-8-6-5-7-9-11;/h5-9,13,15H,3-4,10H2,1-2H3;1H/p-1. The second-order valence-electron chi connectivity index (χ2n) is 4.00. The van der Waals surface area contributed by atoms with Gasteiger partial charge in [0.05, 0.1) is 6.54 Å². The Hall–Kier alpha value is -1.26. The topological polar surface area (TPSA) is 36.9 Å². The number of hydrogen-bond acceptors (Lipinski definition) is 4. The summed E-state index contributed by atoms with van der Waals surface area (Å²) < 4.78 is 5.78. The summed E-state index contributed by atoms with van der Waals surface area (Å²) in [5.41, 5.74) is 4.12. The fourth-order valence-electron chi connectivity index (χ4n) is 1.80. The van der Waals surface area contributed by atoms with Crippen molar-refractivity contribution in [3.8, 4) is 0 Å². The van der Waals surface area contributed by atoms with E-state index in [-0.39, 0.29) is 18.6 Å². The summed E-state index contributed by atoms with van der Waals surface area (Å²) >= 11 is 0. The van der Waals surface area contributed by atoms with Crippen LogP contribution in [0.4, 0.5) is 0 Å². The third kappa shape index (κ3) is 3.62. The Bertz CT molecular complexity index is 379. The van der Waals surface area contributed by atoms with E-state index >= 15 is 0 Å². The average molecular weight is 269 g/mol. The van der Waals surface area contributed by atoms with E-state index in [0.717, 1.165) is 31.1 Å². The lowest BCUT2D eigenvalue weighted by atomic mass is 10.2. The van der Waals surface area contributed by atoms with Crippen molar-refractivity contribution in [2.75, 3.05) is 19.6 Å².